The molecule has 72 valence electrons. The van der Waals surface area contributed by atoms with Crippen LogP contribution in [0.15, 0.2) is 6.07 Å². The van der Waals surface area contributed by atoms with Crippen molar-refractivity contribution >= 4 is 11.3 Å². The molecule has 2 heterocycles. The van der Waals surface area contributed by atoms with Crippen LogP contribution in [0.1, 0.15) is 21.4 Å². The highest BCUT2D eigenvalue weighted by molar-refractivity contribution is 7.12. The first kappa shape index (κ1) is 9.19. The second kappa shape index (κ2) is 3.78. The fourth-order valence-electron chi connectivity index (χ4n) is 1.87. The zero-order chi connectivity index (χ0) is 9.26. The molecule has 1 aromatic heterocycles. The number of thiophene rings is 1. The van der Waals surface area contributed by atoms with Gasteiger partial charge in [-0.2, -0.15) is 0 Å². The minimum atomic E-state index is 0.527. The summed E-state index contributed by atoms with van der Waals surface area (Å²) in [5.41, 5.74) is 1.48. The predicted octanol–water partition coefficient (Wildman–Crippen LogP) is 1.60. The Morgan fingerprint density at radius 2 is 2.23 bits per heavy atom. The van der Waals surface area contributed by atoms with Gasteiger partial charge < -0.3 is 10.6 Å². The molecule has 1 aromatic rings. The molecule has 1 unspecified atom stereocenters. The molecule has 0 spiro atoms. The van der Waals surface area contributed by atoms with E-state index in [1.807, 2.05) is 11.3 Å². The number of hydrogen-bond donors (Lipinski definition) is 2. The van der Waals surface area contributed by atoms with Crippen LogP contribution in [-0.4, -0.2) is 19.6 Å². The summed E-state index contributed by atoms with van der Waals surface area (Å²) in [4.78, 5) is 2.87. The molecule has 2 nitrogen and oxygen atoms in total. The van der Waals surface area contributed by atoms with Gasteiger partial charge in [-0.15, -0.1) is 11.3 Å². The molecule has 0 amide bonds. The van der Waals surface area contributed by atoms with Gasteiger partial charge in [0.1, 0.15) is 0 Å². The van der Waals surface area contributed by atoms with Gasteiger partial charge in [0, 0.05) is 35.4 Å². The van der Waals surface area contributed by atoms with Crippen molar-refractivity contribution in [3.63, 3.8) is 0 Å². The molecular weight excluding hydrogens is 180 g/mol. The van der Waals surface area contributed by atoms with E-state index < -0.39 is 0 Å². The molecule has 1 atom stereocenters. The van der Waals surface area contributed by atoms with Gasteiger partial charge in [0.2, 0.25) is 0 Å². The minimum absolute atomic E-state index is 0.527. The minimum Gasteiger partial charge on any atom is -0.314 e. The maximum Gasteiger partial charge on any atom is 0.0458 e. The molecule has 13 heavy (non-hydrogen) atoms. The largest absolute Gasteiger partial charge is 0.314 e. The monoisotopic (exact) mass is 196 g/mol. The lowest BCUT2D eigenvalue weighted by atomic mass is 10.1. The molecule has 0 aliphatic carbocycles. The van der Waals surface area contributed by atoms with E-state index in [2.05, 4.69) is 30.5 Å². The van der Waals surface area contributed by atoms with E-state index in [1.54, 1.807) is 0 Å². The molecule has 2 rings (SSSR count). The van der Waals surface area contributed by atoms with Crippen LogP contribution in [0.4, 0.5) is 0 Å². The van der Waals surface area contributed by atoms with Gasteiger partial charge in [0.05, 0.1) is 0 Å². The van der Waals surface area contributed by atoms with E-state index in [9.17, 15) is 0 Å². The quantitative estimate of drug-likeness (QED) is 0.713. The number of hydrogen-bond acceptors (Lipinski definition) is 3. The van der Waals surface area contributed by atoms with Gasteiger partial charge >= 0.3 is 0 Å². The summed E-state index contributed by atoms with van der Waals surface area (Å²) < 4.78 is 0. The third-order valence-corrected chi connectivity index (χ3v) is 3.48. The Morgan fingerprint density at radius 3 is 2.77 bits per heavy atom. The Bertz CT molecular complexity index is 287. The second-order valence-electron chi connectivity index (χ2n) is 3.58. The van der Waals surface area contributed by atoms with Crippen LogP contribution in [0.2, 0.25) is 0 Å². The Kier molecular flexibility index (Phi) is 2.67. The third-order valence-electron chi connectivity index (χ3n) is 2.50. The van der Waals surface area contributed by atoms with Crippen molar-refractivity contribution in [2.45, 2.75) is 19.9 Å². The average Bonchev–Trinajstić information content (AvgIpc) is 2.47. The zero-order valence-corrected chi connectivity index (χ0v) is 9.00. The second-order valence-corrected chi connectivity index (χ2v) is 5.04. The molecule has 1 aliphatic rings. The van der Waals surface area contributed by atoms with Crippen LogP contribution < -0.4 is 10.6 Å². The first-order chi connectivity index (χ1) is 6.27. The number of rotatable bonds is 1. The maximum absolute atomic E-state index is 3.53. The van der Waals surface area contributed by atoms with Crippen LogP contribution in [-0.2, 0) is 0 Å². The molecule has 3 heteroatoms. The number of nitrogens with one attached hydrogen (secondary N) is 2. The molecule has 0 bridgehead atoms. The standard InChI is InChI=1S/C10H16N2S/c1-7-5-9(8(2)13-7)10-6-11-3-4-12-10/h5,10-12H,3-4,6H2,1-2H3. The van der Waals surface area contributed by atoms with Gasteiger partial charge in [0.25, 0.3) is 0 Å². The summed E-state index contributed by atoms with van der Waals surface area (Å²) in [6.45, 7) is 7.63. The fraction of sp³-hybridized carbons (Fsp3) is 0.600. The summed E-state index contributed by atoms with van der Waals surface area (Å²) in [5, 5.41) is 6.95. The Morgan fingerprint density at radius 1 is 1.38 bits per heavy atom. The van der Waals surface area contributed by atoms with Crippen LogP contribution >= 0.6 is 11.3 Å². The smallest absolute Gasteiger partial charge is 0.0458 e. The zero-order valence-electron chi connectivity index (χ0n) is 8.18. The lowest BCUT2D eigenvalue weighted by molar-refractivity contribution is 0.430. The van der Waals surface area contributed by atoms with Gasteiger partial charge in [-0.1, -0.05) is 0 Å². The van der Waals surface area contributed by atoms with E-state index in [-0.39, 0.29) is 0 Å². The molecule has 2 N–H and O–H groups in total. The van der Waals surface area contributed by atoms with Crippen molar-refractivity contribution in [1.29, 1.82) is 0 Å². The van der Waals surface area contributed by atoms with Crippen molar-refractivity contribution < 1.29 is 0 Å². The van der Waals surface area contributed by atoms with Crippen LogP contribution in [0.3, 0.4) is 0 Å². The van der Waals surface area contributed by atoms with E-state index in [0.29, 0.717) is 6.04 Å². The van der Waals surface area contributed by atoms with E-state index in [0.717, 1.165) is 19.6 Å². The first-order valence-electron chi connectivity index (χ1n) is 4.78. The van der Waals surface area contributed by atoms with Gasteiger partial charge in [-0.25, -0.2) is 0 Å². The highest BCUT2D eigenvalue weighted by Crippen LogP contribution is 2.26. The lowest BCUT2D eigenvalue weighted by Crippen LogP contribution is -2.42. The summed E-state index contributed by atoms with van der Waals surface area (Å²) in [6, 6.07) is 2.84. The van der Waals surface area contributed by atoms with Crippen molar-refractivity contribution in [3.05, 3.63) is 21.4 Å². The highest BCUT2D eigenvalue weighted by atomic mass is 32.1. The van der Waals surface area contributed by atoms with Crippen LogP contribution in [0.5, 0.6) is 0 Å². The molecule has 1 aliphatic heterocycles. The lowest BCUT2D eigenvalue weighted by Gasteiger charge is -2.24. The maximum atomic E-state index is 3.53. The van der Waals surface area contributed by atoms with Crippen molar-refractivity contribution in [3.8, 4) is 0 Å². The molecular formula is C10H16N2S. The van der Waals surface area contributed by atoms with E-state index in [4.69, 9.17) is 0 Å². The topological polar surface area (TPSA) is 24.1 Å². The fourth-order valence-corrected chi connectivity index (χ4v) is 2.86. The van der Waals surface area contributed by atoms with Crippen molar-refractivity contribution in [1.82, 2.24) is 10.6 Å². The van der Waals surface area contributed by atoms with E-state index >= 15 is 0 Å². The van der Waals surface area contributed by atoms with Crippen molar-refractivity contribution in [2.75, 3.05) is 19.6 Å². The van der Waals surface area contributed by atoms with Gasteiger partial charge in [-0.05, 0) is 25.5 Å². The molecule has 0 aromatic carbocycles. The summed E-state index contributed by atoms with van der Waals surface area (Å²) in [7, 11) is 0. The molecule has 0 saturated carbocycles. The normalized spacial score (nSPS) is 23.4. The molecule has 1 saturated heterocycles. The summed E-state index contributed by atoms with van der Waals surface area (Å²) in [5.74, 6) is 0. The Balaban J connectivity index is 2.18. The van der Waals surface area contributed by atoms with Crippen molar-refractivity contribution in [2.24, 2.45) is 0 Å². The average molecular weight is 196 g/mol. The SMILES string of the molecule is Cc1cc(C2CNCCN2)c(C)s1. The predicted molar refractivity (Wildman–Crippen MR) is 57.4 cm³/mol. The molecule has 0 radical (unpaired) electrons. The highest BCUT2D eigenvalue weighted by Gasteiger charge is 2.17. The van der Waals surface area contributed by atoms with E-state index in [1.165, 1.54) is 15.3 Å². The third kappa shape index (κ3) is 1.93. The Hall–Kier alpha value is -0.380. The molecule has 1 fully saturated rings. The van der Waals surface area contributed by atoms with Gasteiger partial charge in [0.15, 0.2) is 0 Å². The summed E-state index contributed by atoms with van der Waals surface area (Å²) in [6.07, 6.45) is 0. The Labute approximate surface area is 83.4 Å². The number of piperazine rings is 1. The first-order valence-corrected chi connectivity index (χ1v) is 5.60. The van der Waals surface area contributed by atoms with Crippen LogP contribution in [0.25, 0.3) is 0 Å². The summed E-state index contributed by atoms with van der Waals surface area (Å²) >= 11 is 1.90. The van der Waals surface area contributed by atoms with Gasteiger partial charge in [-0.3, -0.25) is 0 Å². The number of aryl methyl sites for hydroxylation is 2. The van der Waals surface area contributed by atoms with Crippen LogP contribution in [0, 0.1) is 13.8 Å².